The van der Waals surface area contributed by atoms with Gasteiger partial charge in [-0.2, -0.15) is 4.98 Å². The molecule has 0 saturated heterocycles. The predicted molar refractivity (Wildman–Crippen MR) is 223 cm³/mol. The zero-order valence-electron chi connectivity index (χ0n) is 30.7. The molecule has 7 rings (SSSR count). The van der Waals surface area contributed by atoms with Gasteiger partial charge >= 0.3 is 0 Å². The van der Waals surface area contributed by atoms with Crippen molar-refractivity contribution in [1.82, 2.24) is 10.1 Å². The highest BCUT2D eigenvalue weighted by atomic mass is 35.5. The van der Waals surface area contributed by atoms with E-state index in [9.17, 15) is 22.4 Å². The summed E-state index contributed by atoms with van der Waals surface area (Å²) in [5.74, 6) is -1.71. The van der Waals surface area contributed by atoms with E-state index >= 15 is 0 Å². The third-order valence-corrected chi connectivity index (χ3v) is 9.98. The summed E-state index contributed by atoms with van der Waals surface area (Å²) in [6.07, 6.45) is 20.2. The molecule has 57 heavy (non-hydrogen) atoms. The minimum absolute atomic E-state index is 0. The van der Waals surface area contributed by atoms with E-state index in [1.54, 1.807) is 12.2 Å². The van der Waals surface area contributed by atoms with E-state index < -0.39 is 34.1 Å². The number of hydrogen-bond acceptors (Lipinski definition) is 6. The van der Waals surface area contributed by atoms with Gasteiger partial charge in [-0.05, 0) is 108 Å². The second kappa shape index (κ2) is 22.3. The van der Waals surface area contributed by atoms with E-state index in [0.717, 1.165) is 47.4 Å². The zero-order chi connectivity index (χ0) is 39.9. The van der Waals surface area contributed by atoms with Crippen LogP contribution >= 0.6 is 11.6 Å². The van der Waals surface area contributed by atoms with Gasteiger partial charge in [-0.3, -0.25) is 4.79 Å². The van der Waals surface area contributed by atoms with Gasteiger partial charge in [0.25, 0.3) is 11.1 Å². The molecule has 0 spiro atoms. The number of carbonyl (C=O) groups excluding carboxylic acids is 1. The van der Waals surface area contributed by atoms with Gasteiger partial charge in [-0.1, -0.05) is 129 Å². The van der Waals surface area contributed by atoms with Crippen LogP contribution in [0.4, 0.5) is 17.6 Å². The van der Waals surface area contributed by atoms with Gasteiger partial charge in [0.2, 0.25) is 0 Å². The Labute approximate surface area is 338 Å². The van der Waals surface area contributed by atoms with E-state index in [4.69, 9.17) is 27.1 Å². The first-order valence-electron chi connectivity index (χ1n) is 18.6. The van der Waals surface area contributed by atoms with Crippen LogP contribution in [0.1, 0.15) is 125 Å². The second-order valence-corrected chi connectivity index (χ2v) is 14.0. The van der Waals surface area contributed by atoms with Crippen molar-refractivity contribution in [1.29, 1.82) is 0 Å². The third-order valence-electron chi connectivity index (χ3n) is 9.79. The van der Waals surface area contributed by atoms with Crippen molar-refractivity contribution in [2.45, 2.75) is 83.5 Å². The van der Waals surface area contributed by atoms with Crippen LogP contribution in [0.5, 0.6) is 0 Å². The summed E-state index contributed by atoms with van der Waals surface area (Å²) < 4.78 is 57.7. The van der Waals surface area contributed by atoms with Crippen LogP contribution in [0.3, 0.4) is 0 Å². The number of nitrogens with two attached hydrogens (primary N) is 1. The minimum Gasteiger partial charge on any atom is -0.409 e. The molecule has 0 aliphatic heterocycles. The fraction of sp³-hybridized carbons (Fsp3) is 0.289. The quantitative estimate of drug-likeness (QED) is 0.0403. The Hall–Kier alpha value is -5.55. The molecule has 5 aromatic rings. The average Bonchev–Trinajstić information content (AvgIpc) is 3.69. The first-order valence-corrected chi connectivity index (χ1v) is 19.0. The van der Waals surface area contributed by atoms with Crippen LogP contribution < -0.4 is 5.73 Å². The molecular weight excluding hydrogens is 756 g/mol. The molecule has 7 nitrogen and oxygen atoms in total. The fourth-order valence-electron chi connectivity index (χ4n) is 6.81. The highest BCUT2D eigenvalue weighted by Gasteiger charge is 2.18. The predicted octanol–water partition coefficient (Wildman–Crippen LogP) is 13.2. The number of rotatable bonds is 8. The topological polar surface area (TPSA) is 115 Å². The van der Waals surface area contributed by atoms with Crippen molar-refractivity contribution in [3.05, 3.63) is 148 Å². The van der Waals surface area contributed by atoms with Crippen molar-refractivity contribution in [3.8, 4) is 11.5 Å². The maximum atomic E-state index is 13.8. The zero-order valence-corrected chi connectivity index (χ0v) is 31.4. The van der Waals surface area contributed by atoms with E-state index in [1.807, 2.05) is 12.2 Å². The van der Waals surface area contributed by atoms with Crippen molar-refractivity contribution in [2.75, 3.05) is 0 Å². The molecule has 304 valence electrons. The van der Waals surface area contributed by atoms with Crippen molar-refractivity contribution in [3.63, 3.8) is 0 Å². The smallest absolute Gasteiger partial charge is 0.264 e. The number of halogens is 5. The van der Waals surface area contributed by atoms with Crippen LogP contribution in [0, 0.1) is 23.3 Å². The monoisotopic (exact) mass is 806 g/mol. The van der Waals surface area contributed by atoms with Crippen molar-refractivity contribution >= 4 is 40.9 Å². The Morgan fingerprint density at radius 3 is 1.61 bits per heavy atom. The van der Waals surface area contributed by atoms with Gasteiger partial charge in [0.05, 0.1) is 0 Å². The fourth-order valence-corrected chi connectivity index (χ4v) is 6.99. The first-order chi connectivity index (χ1) is 27.1. The van der Waals surface area contributed by atoms with Crippen LogP contribution in [0.25, 0.3) is 29.7 Å². The molecule has 1 heterocycles. The van der Waals surface area contributed by atoms with Crippen molar-refractivity contribution < 1.29 is 34.9 Å². The van der Waals surface area contributed by atoms with Gasteiger partial charge in [-0.25, -0.2) is 17.6 Å². The van der Waals surface area contributed by atoms with Crippen LogP contribution in [0.2, 0.25) is 0 Å². The lowest BCUT2D eigenvalue weighted by molar-refractivity contribution is 0.107. The maximum absolute atomic E-state index is 13.8. The minimum atomic E-state index is -1.12. The Morgan fingerprint density at radius 1 is 0.719 bits per heavy atom. The number of nitrogens with zero attached hydrogens (tertiary/aromatic N) is 3. The highest BCUT2D eigenvalue weighted by Crippen LogP contribution is 2.34. The van der Waals surface area contributed by atoms with Gasteiger partial charge in [0.15, 0.2) is 11.7 Å². The first kappa shape index (κ1) is 44.2. The third kappa shape index (κ3) is 13.0. The molecule has 12 heteroatoms. The summed E-state index contributed by atoms with van der Waals surface area (Å²) >= 11 is 4.89. The largest absolute Gasteiger partial charge is 0.409 e. The summed E-state index contributed by atoms with van der Waals surface area (Å²) in [7, 11) is 0. The van der Waals surface area contributed by atoms with Gasteiger partial charge < -0.3 is 15.5 Å². The van der Waals surface area contributed by atoms with Gasteiger partial charge in [0.1, 0.15) is 34.4 Å². The number of benzene rings is 4. The number of carbonyl (C=O) groups is 1. The van der Waals surface area contributed by atoms with Crippen molar-refractivity contribution in [2.24, 2.45) is 10.9 Å². The summed E-state index contributed by atoms with van der Waals surface area (Å²) in [5.41, 5.74) is 9.29. The summed E-state index contributed by atoms with van der Waals surface area (Å²) in [6.45, 7) is 0. The summed E-state index contributed by atoms with van der Waals surface area (Å²) in [4.78, 5) is 14.4. The number of oxime groups is 1. The molecule has 0 unspecified atom stereocenters. The highest BCUT2D eigenvalue weighted by molar-refractivity contribution is 6.67. The normalized spacial score (nSPS) is 15.0. The Balaban J connectivity index is 0.000000326. The molecule has 0 bridgehead atoms. The number of hydrogen-bond donors (Lipinski definition) is 2. The lowest BCUT2D eigenvalue weighted by Gasteiger charge is -2.21. The molecule has 0 amide bonds. The Morgan fingerprint density at radius 2 is 1.18 bits per heavy atom. The SMILES string of the molecule is C.Fc1cccc(F)c1-c1nc(C=Cc2ccc(C3CCCCC3)cc2)no1.NC(/C=C/c1ccc(C2CCCCC2)cc1)=NO.O=C(Cl)c1c(F)cccc1F.[HH].[HH]. The van der Waals surface area contributed by atoms with Crippen LogP contribution in [-0.2, 0) is 0 Å². The van der Waals surface area contributed by atoms with Crippen LogP contribution in [-0.4, -0.2) is 26.4 Å². The average molecular weight is 807 g/mol. The molecule has 4 aromatic carbocycles. The molecule has 0 atom stereocenters. The van der Waals surface area contributed by atoms with Gasteiger partial charge in [0, 0.05) is 2.85 Å². The number of aromatic nitrogens is 2. The lowest BCUT2D eigenvalue weighted by atomic mass is 9.84. The Bertz CT molecular complexity index is 2100. The lowest BCUT2D eigenvalue weighted by Crippen LogP contribution is -2.06. The van der Waals surface area contributed by atoms with E-state index in [1.165, 1.54) is 81.4 Å². The molecule has 1 aromatic heterocycles. The maximum Gasteiger partial charge on any atom is 0.264 e. The molecule has 0 radical (unpaired) electrons. The molecule has 2 fully saturated rings. The van der Waals surface area contributed by atoms with Crippen LogP contribution in [0.15, 0.2) is 101 Å². The van der Waals surface area contributed by atoms with E-state index in [2.05, 4.69) is 63.8 Å². The molecule has 2 aliphatic rings. The van der Waals surface area contributed by atoms with Gasteiger partial charge in [-0.15, -0.1) is 0 Å². The summed E-state index contributed by atoms with van der Waals surface area (Å²) in [6, 6.07) is 23.8. The molecule has 2 saturated carbocycles. The Kier molecular flexibility index (Phi) is 17.2. The summed E-state index contributed by atoms with van der Waals surface area (Å²) in [5, 5.41) is 14.0. The van der Waals surface area contributed by atoms with E-state index in [-0.39, 0.29) is 33.4 Å². The molecule has 2 aliphatic carbocycles. The standard InChI is InChI=1S/C22H20F2N2O.C15H20N2O.C7H3ClF2O.CH4.2H2/c23-18-7-4-8-19(24)21(18)22-25-20(26-27-22)14-11-15-9-12-17(13-10-15)16-5-2-1-3-6-16;16-15(17-18)11-8-12-6-9-14(10-7-12)13-4-2-1-3-5-13;8-7(11)6-4(9)2-1-3-5(6)10;;;/h4,7-14,16H,1-3,5-6H2;6-11,13,18H,1-5H2,(H2,16,17);1-3H;1H4;2*1H/b;11-8+;;;;. The second-order valence-electron chi connectivity index (χ2n) is 13.6. The molecular formula is C45H51ClF4N4O3. The van der Waals surface area contributed by atoms with E-state index in [0.29, 0.717) is 5.92 Å². The molecule has 3 N–H and O–H groups in total. The number of amidine groups is 1.